The van der Waals surface area contributed by atoms with Gasteiger partial charge in [-0.25, -0.2) is 0 Å². The largest absolute Gasteiger partial charge is 0.508 e. The summed E-state index contributed by atoms with van der Waals surface area (Å²) in [4.78, 5) is 15.0. The number of anilines is 1. The van der Waals surface area contributed by atoms with Gasteiger partial charge in [0, 0.05) is 21.8 Å². The highest BCUT2D eigenvalue weighted by Crippen LogP contribution is 2.37. The van der Waals surface area contributed by atoms with Gasteiger partial charge in [0.2, 0.25) is 0 Å². The zero-order chi connectivity index (χ0) is 22.9. The summed E-state index contributed by atoms with van der Waals surface area (Å²) >= 11 is 12.4. The Bertz CT molecular complexity index is 1400. The number of aromatic hydroxyl groups is 1. The van der Waals surface area contributed by atoms with Crippen LogP contribution >= 0.6 is 23.2 Å². The van der Waals surface area contributed by atoms with Crippen LogP contribution in [-0.2, 0) is 4.79 Å². The van der Waals surface area contributed by atoms with Gasteiger partial charge in [-0.2, -0.15) is 0 Å². The fourth-order valence-corrected chi connectivity index (χ4v) is 4.09. The summed E-state index contributed by atoms with van der Waals surface area (Å²) in [6, 6.07) is 24.9. The molecule has 0 atom stereocenters. The van der Waals surface area contributed by atoms with Crippen molar-refractivity contribution in [3.8, 4) is 17.1 Å². The molecular formula is C27H17Cl2NO3. The van der Waals surface area contributed by atoms with Crippen LogP contribution in [-0.4, -0.2) is 11.0 Å². The Labute approximate surface area is 200 Å². The highest BCUT2D eigenvalue weighted by atomic mass is 35.5. The van der Waals surface area contributed by atoms with Gasteiger partial charge < -0.3 is 9.52 Å². The second-order valence-corrected chi connectivity index (χ2v) is 8.32. The van der Waals surface area contributed by atoms with Gasteiger partial charge in [0.15, 0.2) is 0 Å². The number of amides is 1. The van der Waals surface area contributed by atoms with E-state index in [1.165, 1.54) is 0 Å². The molecule has 0 fully saturated rings. The summed E-state index contributed by atoms with van der Waals surface area (Å²) in [5.41, 5.74) is 3.44. The second kappa shape index (κ2) is 8.66. The molecule has 1 aromatic heterocycles. The maximum Gasteiger partial charge on any atom is 0.263 e. The van der Waals surface area contributed by atoms with E-state index in [-0.39, 0.29) is 11.7 Å². The Hall–Kier alpha value is -3.73. The van der Waals surface area contributed by atoms with Crippen LogP contribution in [0.15, 0.2) is 101 Å². The molecule has 6 heteroatoms. The van der Waals surface area contributed by atoms with E-state index < -0.39 is 0 Å². The standard InChI is InChI=1S/C27H17Cl2NO3/c28-19-6-12-24(29)23(16-19)26-13-11-22(33-26)14-18-15-25(17-4-2-1-3-5-17)30(27(18)32)20-7-9-21(31)10-8-20/h1-16,31H/b18-14+. The van der Waals surface area contributed by atoms with E-state index in [1.54, 1.807) is 65.6 Å². The van der Waals surface area contributed by atoms with Crippen LogP contribution in [0.5, 0.6) is 5.75 Å². The van der Waals surface area contributed by atoms with Crippen molar-refractivity contribution in [1.82, 2.24) is 0 Å². The highest BCUT2D eigenvalue weighted by Gasteiger charge is 2.30. The fraction of sp³-hybridized carbons (Fsp3) is 0. The average Bonchev–Trinajstić information content (AvgIpc) is 3.42. The summed E-state index contributed by atoms with van der Waals surface area (Å²) in [5, 5.41) is 10.7. The van der Waals surface area contributed by atoms with E-state index in [0.717, 1.165) is 11.3 Å². The van der Waals surface area contributed by atoms with Crippen molar-refractivity contribution in [3.05, 3.63) is 118 Å². The Morgan fingerprint density at radius 2 is 1.64 bits per heavy atom. The van der Waals surface area contributed by atoms with Crippen LogP contribution in [0.25, 0.3) is 23.1 Å². The van der Waals surface area contributed by atoms with Crippen LogP contribution < -0.4 is 4.90 Å². The molecule has 2 heterocycles. The molecule has 1 aliphatic rings. The van der Waals surface area contributed by atoms with E-state index in [1.807, 2.05) is 36.4 Å². The van der Waals surface area contributed by atoms with Gasteiger partial charge in [0.25, 0.3) is 5.91 Å². The summed E-state index contributed by atoms with van der Waals surface area (Å²) in [6.45, 7) is 0. The Morgan fingerprint density at radius 3 is 2.39 bits per heavy atom. The lowest BCUT2D eigenvalue weighted by Gasteiger charge is -2.20. The first-order valence-corrected chi connectivity index (χ1v) is 10.9. The van der Waals surface area contributed by atoms with E-state index in [4.69, 9.17) is 27.6 Å². The maximum atomic E-state index is 13.4. The minimum atomic E-state index is -0.196. The van der Waals surface area contributed by atoms with E-state index >= 15 is 0 Å². The molecule has 1 amide bonds. The van der Waals surface area contributed by atoms with Gasteiger partial charge in [0.1, 0.15) is 17.3 Å². The van der Waals surface area contributed by atoms with Crippen molar-refractivity contribution in [1.29, 1.82) is 0 Å². The Kier molecular flexibility index (Phi) is 5.55. The molecule has 1 aliphatic heterocycles. The number of carbonyl (C=O) groups excluding carboxylic acids is 1. The summed E-state index contributed by atoms with van der Waals surface area (Å²) in [7, 11) is 0. The first kappa shape index (κ1) is 21.1. The number of furan rings is 1. The van der Waals surface area contributed by atoms with Crippen molar-refractivity contribution in [3.63, 3.8) is 0 Å². The van der Waals surface area contributed by atoms with Crippen molar-refractivity contribution in [2.45, 2.75) is 0 Å². The van der Waals surface area contributed by atoms with Crippen molar-refractivity contribution in [2.75, 3.05) is 4.90 Å². The molecule has 33 heavy (non-hydrogen) atoms. The minimum Gasteiger partial charge on any atom is -0.508 e. The lowest BCUT2D eigenvalue weighted by atomic mass is 10.1. The SMILES string of the molecule is O=C1/C(=C/c2ccc(-c3cc(Cl)ccc3Cl)o2)C=C(c2ccccc2)N1c1ccc(O)cc1. The molecule has 4 aromatic rings. The molecule has 5 rings (SSSR count). The average molecular weight is 474 g/mol. The number of phenols is 1. The molecule has 162 valence electrons. The molecule has 0 saturated carbocycles. The van der Waals surface area contributed by atoms with Crippen LogP contribution in [0.2, 0.25) is 10.0 Å². The van der Waals surface area contributed by atoms with Gasteiger partial charge in [-0.1, -0.05) is 53.5 Å². The summed E-state index contributed by atoms with van der Waals surface area (Å²) < 4.78 is 5.96. The molecule has 0 radical (unpaired) electrons. The number of benzene rings is 3. The highest BCUT2D eigenvalue weighted by molar-refractivity contribution is 6.35. The van der Waals surface area contributed by atoms with Gasteiger partial charge in [-0.3, -0.25) is 9.69 Å². The number of carbonyl (C=O) groups is 1. The zero-order valence-electron chi connectivity index (χ0n) is 17.2. The normalized spacial score (nSPS) is 14.7. The third kappa shape index (κ3) is 4.19. The van der Waals surface area contributed by atoms with Crippen molar-refractivity contribution < 1.29 is 14.3 Å². The van der Waals surface area contributed by atoms with E-state index in [2.05, 4.69) is 0 Å². The van der Waals surface area contributed by atoms with Crippen molar-refractivity contribution in [2.24, 2.45) is 0 Å². The monoisotopic (exact) mass is 473 g/mol. The first-order chi connectivity index (χ1) is 16.0. The smallest absolute Gasteiger partial charge is 0.263 e. The molecule has 0 unspecified atom stereocenters. The lowest BCUT2D eigenvalue weighted by Crippen LogP contribution is -2.24. The summed E-state index contributed by atoms with van der Waals surface area (Å²) in [6.07, 6.45) is 3.53. The predicted molar refractivity (Wildman–Crippen MR) is 132 cm³/mol. The molecule has 4 nitrogen and oxygen atoms in total. The minimum absolute atomic E-state index is 0.134. The molecule has 0 bridgehead atoms. The number of hydrogen-bond acceptors (Lipinski definition) is 3. The quantitative estimate of drug-likeness (QED) is 0.313. The van der Waals surface area contributed by atoms with Crippen LogP contribution in [0.4, 0.5) is 5.69 Å². The lowest BCUT2D eigenvalue weighted by molar-refractivity contribution is -0.113. The zero-order valence-corrected chi connectivity index (χ0v) is 18.7. The third-order valence-electron chi connectivity index (χ3n) is 5.28. The number of phenolic OH excluding ortho intramolecular Hbond substituents is 1. The topological polar surface area (TPSA) is 53.7 Å². The maximum absolute atomic E-state index is 13.4. The molecular weight excluding hydrogens is 457 g/mol. The number of rotatable bonds is 4. The van der Waals surface area contributed by atoms with Crippen LogP contribution in [0.3, 0.4) is 0 Å². The fourth-order valence-electron chi connectivity index (χ4n) is 3.71. The molecule has 0 spiro atoms. The third-order valence-corrected chi connectivity index (χ3v) is 5.84. The number of halogens is 2. The Morgan fingerprint density at radius 1 is 0.879 bits per heavy atom. The first-order valence-electron chi connectivity index (χ1n) is 10.2. The second-order valence-electron chi connectivity index (χ2n) is 7.48. The van der Waals surface area contributed by atoms with Crippen LogP contribution in [0.1, 0.15) is 11.3 Å². The van der Waals surface area contributed by atoms with Crippen molar-refractivity contribution >= 4 is 46.6 Å². The Balaban J connectivity index is 1.55. The van der Waals surface area contributed by atoms with Gasteiger partial charge >= 0.3 is 0 Å². The molecule has 3 aromatic carbocycles. The van der Waals surface area contributed by atoms with E-state index in [0.29, 0.717) is 38.4 Å². The van der Waals surface area contributed by atoms with Gasteiger partial charge in [0.05, 0.1) is 10.7 Å². The number of hydrogen-bond donors (Lipinski definition) is 1. The summed E-state index contributed by atoms with van der Waals surface area (Å²) in [5.74, 6) is 1.01. The molecule has 0 aliphatic carbocycles. The predicted octanol–water partition coefficient (Wildman–Crippen LogP) is 7.43. The van der Waals surface area contributed by atoms with E-state index in [9.17, 15) is 9.90 Å². The molecule has 0 saturated heterocycles. The van der Waals surface area contributed by atoms with Crippen LogP contribution in [0, 0.1) is 0 Å². The molecule has 1 N–H and O–H groups in total. The van der Waals surface area contributed by atoms with Gasteiger partial charge in [-0.05, 0) is 72.3 Å². The van der Waals surface area contributed by atoms with Gasteiger partial charge in [-0.15, -0.1) is 0 Å². The number of nitrogens with zero attached hydrogens (tertiary/aromatic N) is 1.